The number of aromatic nitrogens is 1. The van der Waals surface area contributed by atoms with Crippen LogP contribution in [0.15, 0.2) is 58.5 Å². The molecule has 1 aromatic carbocycles. The Morgan fingerprint density at radius 3 is 2.64 bits per heavy atom. The number of hydrogen-bond donors (Lipinski definition) is 1. The third kappa shape index (κ3) is 4.84. The molecule has 0 radical (unpaired) electrons. The number of aryl methyl sites for hydroxylation is 1. The highest BCUT2D eigenvalue weighted by atomic mass is 32.2. The Hall–Kier alpha value is -1.88. The molecule has 2 aromatic rings. The molecule has 0 saturated carbocycles. The van der Waals surface area contributed by atoms with Crippen LogP contribution in [0.4, 0.5) is 0 Å². The summed E-state index contributed by atoms with van der Waals surface area (Å²) in [5.74, 6) is 1.94. The third-order valence-electron chi connectivity index (χ3n) is 3.42. The summed E-state index contributed by atoms with van der Waals surface area (Å²) in [5, 5.41) is 3.42. The van der Waals surface area contributed by atoms with Crippen LogP contribution in [0.25, 0.3) is 0 Å². The number of thioether (sulfide) groups is 1. The van der Waals surface area contributed by atoms with Gasteiger partial charge in [0.05, 0.1) is 6.54 Å². The Balaban J connectivity index is 1.76. The van der Waals surface area contributed by atoms with Gasteiger partial charge in [-0.15, -0.1) is 11.8 Å². The van der Waals surface area contributed by atoms with Gasteiger partial charge in [0.15, 0.2) is 5.96 Å². The lowest BCUT2D eigenvalue weighted by Crippen LogP contribution is -2.39. The SMILES string of the molecule is CN=C(NCCSc1ccccc1)N(C)Cc1cccn1C. The fourth-order valence-electron chi connectivity index (χ4n) is 2.21. The molecule has 0 spiro atoms. The molecule has 1 aromatic heterocycles. The molecule has 118 valence electrons. The van der Waals surface area contributed by atoms with Gasteiger partial charge in [-0.05, 0) is 24.3 Å². The molecule has 0 unspecified atom stereocenters. The number of aliphatic imine (C=N–C) groups is 1. The van der Waals surface area contributed by atoms with E-state index in [1.165, 1.54) is 10.6 Å². The Morgan fingerprint density at radius 1 is 1.23 bits per heavy atom. The average Bonchev–Trinajstić information content (AvgIpc) is 2.93. The molecule has 0 bridgehead atoms. The van der Waals surface area contributed by atoms with Crippen molar-refractivity contribution in [3.8, 4) is 0 Å². The lowest BCUT2D eigenvalue weighted by atomic mass is 10.4. The number of benzene rings is 1. The number of nitrogens with zero attached hydrogens (tertiary/aromatic N) is 3. The first-order valence-electron chi connectivity index (χ1n) is 7.40. The molecule has 0 aliphatic rings. The first-order valence-corrected chi connectivity index (χ1v) is 8.39. The van der Waals surface area contributed by atoms with Crippen LogP contribution in [-0.4, -0.2) is 41.8 Å². The minimum atomic E-state index is 0.842. The molecule has 0 aliphatic heterocycles. The Morgan fingerprint density at radius 2 is 2.00 bits per heavy atom. The summed E-state index contributed by atoms with van der Waals surface area (Å²) in [6.45, 7) is 1.73. The van der Waals surface area contributed by atoms with Crippen LogP contribution >= 0.6 is 11.8 Å². The Bertz CT molecular complexity index is 592. The second-order valence-electron chi connectivity index (χ2n) is 5.10. The van der Waals surface area contributed by atoms with E-state index in [1.54, 1.807) is 0 Å². The highest BCUT2D eigenvalue weighted by Gasteiger charge is 2.07. The van der Waals surface area contributed by atoms with E-state index in [9.17, 15) is 0 Å². The maximum atomic E-state index is 4.36. The molecule has 0 aliphatic carbocycles. The van der Waals surface area contributed by atoms with Gasteiger partial charge in [0.1, 0.15) is 0 Å². The molecule has 0 saturated heterocycles. The van der Waals surface area contributed by atoms with E-state index in [-0.39, 0.29) is 0 Å². The molecule has 22 heavy (non-hydrogen) atoms. The summed E-state index contributed by atoms with van der Waals surface area (Å²) in [7, 11) is 5.96. The predicted octanol–water partition coefficient (Wildman–Crippen LogP) is 2.82. The highest BCUT2D eigenvalue weighted by molar-refractivity contribution is 7.99. The van der Waals surface area contributed by atoms with Gasteiger partial charge < -0.3 is 14.8 Å². The molecular formula is C17H24N4S. The quantitative estimate of drug-likeness (QED) is 0.385. The zero-order valence-corrected chi connectivity index (χ0v) is 14.3. The molecule has 0 amide bonds. The van der Waals surface area contributed by atoms with Gasteiger partial charge in [-0.3, -0.25) is 4.99 Å². The van der Waals surface area contributed by atoms with E-state index in [1.807, 2.05) is 24.9 Å². The molecule has 1 heterocycles. The minimum absolute atomic E-state index is 0.842. The monoisotopic (exact) mass is 316 g/mol. The van der Waals surface area contributed by atoms with Gasteiger partial charge in [0, 0.05) is 50.2 Å². The van der Waals surface area contributed by atoms with Crippen LogP contribution < -0.4 is 5.32 Å². The highest BCUT2D eigenvalue weighted by Crippen LogP contribution is 2.15. The van der Waals surface area contributed by atoms with E-state index >= 15 is 0 Å². The number of nitrogens with one attached hydrogen (secondary N) is 1. The van der Waals surface area contributed by atoms with E-state index in [0.717, 1.165) is 24.8 Å². The van der Waals surface area contributed by atoms with E-state index < -0.39 is 0 Å². The van der Waals surface area contributed by atoms with Crippen LogP contribution in [0.2, 0.25) is 0 Å². The second kappa shape index (κ2) is 8.54. The fraction of sp³-hybridized carbons (Fsp3) is 0.353. The van der Waals surface area contributed by atoms with Crippen LogP contribution in [0, 0.1) is 0 Å². The van der Waals surface area contributed by atoms with Gasteiger partial charge in [0.25, 0.3) is 0 Å². The smallest absolute Gasteiger partial charge is 0.193 e. The zero-order chi connectivity index (χ0) is 15.8. The Kier molecular flexibility index (Phi) is 6.40. The van der Waals surface area contributed by atoms with Crippen LogP contribution in [0.5, 0.6) is 0 Å². The summed E-state index contributed by atoms with van der Waals surface area (Å²) in [6, 6.07) is 14.7. The summed E-state index contributed by atoms with van der Waals surface area (Å²) >= 11 is 1.85. The summed E-state index contributed by atoms with van der Waals surface area (Å²) in [5.41, 5.74) is 1.27. The first kappa shape index (κ1) is 16.5. The molecule has 2 rings (SSSR count). The van der Waals surface area contributed by atoms with Crippen molar-refractivity contribution in [1.29, 1.82) is 0 Å². The third-order valence-corrected chi connectivity index (χ3v) is 4.43. The predicted molar refractivity (Wildman–Crippen MR) is 95.4 cm³/mol. The van der Waals surface area contributed by atoms with Crippen LogP contribution in [0.1, 0.15) is 5.69 Å². The van der Waals surface area contributed by atoms with Crippen LogP contribution in [-0.2, 0) is 13.6 Å². The standard InChI is InChI=1S/C17H24N4S/c1-18-17(21(3)14-15-8-7-12-20(15)2)19-11-13-22-16-9-5-4-6-10-16/h4-10,12H,11,13-14H2,1-3H3,(H,18,19). The normalized spacial score (nSPS) is 11.5. The summed E-state index contributed by atoms with van der Waals surface area (Å²) in [6.07, 6.45) is 2.07. The van der Waals surface area contributed by atoms with Crippen molar-refractivity contribution in [3.63, 3.8) is 0 Å². The number of hydrogen-bond acceptors (Lipinski definition) is 2. The molecule has 0 fully saturated rings. The molecular weight excluding hydrogens is 292 g/mol. The molecule has 4 nitrogen and oxygen atoms in total. The Labute approximate surface area is 137 Å². The van der Waals surface area contributed by atoms with Crippen molar-refractivity contribution in [2.75, 3.05) is 26.4 Å². The molecule has 5 heteroatoms. The van der Waals surface area contributed by atoms with Crippen LogP contribution in [0.3, 0.4) is 0 Å². The van der Waals surface area contributed by atoms with E-state index in [0.29, 0.717) is 0 Å². The lowest BCUT2D eigenvalue weighted by Gasteiger charge is -2.22. The summed E-state index contributed by atoms with van der Waals surface area (Å²) < 4.78 is 2.13. The van der Waals surface area contributed by atoms with Gasteiger partial charge in [-0.2, -0.15) is 0 Å². The van der Waals surface area contributed by atoms with E-state index in [2.05, 4.69) is 76.5 Å². The topological polar surface area (TPSA) is 32.6 Å². The van der Waals surface area contributed by atoms with Crippen molar-refractivity contribution in [2.24, 2.45) is 12.0 Å². The number of guanidine groups is 1. The van der Waals surface area contributed by atoms with Crippen molar-refractivity contribution >= 4 is 17.7 Å². The molecule has 1 N–H and O–H groups in total. The van der Waals surface area contributed by atoms with Gasteiger partial charge >= 0.3 is 0 Å². The van der Waals surface area contributed by atoms with Crippen molar-refractivity contribution in [1.82, 2.24) is 14.8 Å². The second-order valence-corrected chi connectivity index (χ2v) is 6.27. The van der Waals surface area contributed by atoms with Crippen molar-refractivity contribution in [2.45, 2.75) is 11.4 Å². The van der Waals surface area contributed by atoms with E-state index in [4.69, 9.17) is 0 Å². The lowest BCUT2D eigenvalue weighted by molar-refractivity contribution is 0.464. The van der Waals surface area contributed by atoms with Gasteiger partial charge in [-0.25, -0.2) is 0 Å². The summed E-state index contributed by atoms with van der Waals surface area (Å²) in [4.78, 5) is 7.80. The van der Waals surface area contributed by atoms with Gasteiger partial charge in [0.2, 0.25) is 0 Å². The van der Waals surface area contributed by atoms with Gasteiger partial charge in [-0.1, -0.05) is 18.2 Å². The maximum absolute atomic E-state index is 4.36. The van der Waals surface area contributed by atoms with Crippen molar-refractivity contribution in [3.05, 3.63) is 54.4 Å². The number of rotatable bonds is 6. The maximum Gasteiger partial charge on any atom is 0.193 e. The molecule has 0 atom stereocenters. The van der Waals surface area contributed by atoms with Crippen molar-refractivity contribution < 1.29 is 0 Å². The average molecular weight is 316 g/mol. The first-order chi connectivity index (χ1) is 10.7. The fourth-order valence-corrected chi connectivity index (χ4v) is 3.00. The largest absolute Gasteiger partial charge is 0.355 e. The minimum Gasteiger partial charge on any atom is -0.355 e. The zero-order valence-electron chi connectivity index (χ0n) is 13.5.